The number of aromatic nitrogens is 1. The Morgan fingerprint density at radius 3 is 3.06 bits per heavy atom. The zero-order valence-electron chi connectivity index (χ0n) is 8.65. The summed E-state index contributed by atoms with van der Waals surface area (Å²) in [6.45, 7) is 1.54. The van der Waals surface area contributed by atoms with Crippen LogP contribution in [0.5, 0.6) is 0 Å². The van der Waals surface area contributed by atoms with Gasteiger partial charge in [0.25, 0.3) is 0 Å². The van der Waals surface area contributed by atoms with Gasteiger partial charge in [-0.25, -0.2) is 9.78 Å². The van der Waals surface area contributed by atoms with Gasteiger partial charge in [0.05, 0.1) is 0 Å². The third-order valence-corrected chi connectivity index (χ3v) is 2.23. The van der Waals surface area contributed by atoms with Gasteiger partial charge in [-0.2, -0.15) is 0 Å². The zero-order chi connectivity index (χ0) is 12.0. The molecule has 1 N–H and O–H groups in total. The topological polar surface area (TPSA) is 68.3 Å². The van der Waals surface area contributed by atoms with Crippen molar-refractivity contribution < 1.29 is 14.3 Å². The van der Waals surface area contributed by atoms with Crippen LogP contribution in [0.15, 0.2) is 5.38 Å². The van der Waals surface area contributed by atoms with Crippen molar-refractivity contribution in [3.63, 3.8) is 0 Å². The molecule has 1 aromatic rings. The minimum Gasteiger partial charge on any atom is -0.460 e. The molecule has 0 radical (unpaired) electrons. The molecule has 0 bridgehead atoms. The first-order valence-electron chi connectivity index (χ1n) is 4.47. The highest BCUT2D eigenvalue weighted by molar-refractivity contribution is 7.14. The molecule has 0 saturated heterocycles. The maximum absolute atomic E-state index is 11.4. The van der Waals surface area contributed by atoms with Crippen LogP contribution in [0, 0.1) is 12.3 Å². The zero-order valence-corrected chi connectivity index (χ0v) is 9.47. The first-order valence-corrected chi connectivity index (χ1v) is 5.35. The van der Waals surface area contributed by atoms with Gasteiger partial charge in [-0.1, -0.05) is 0 Å². The fraction of sp³-hybridized carbons (Fsp3) is 0.300. The number of esters is 1. The molecule has 0 spiro atoms. The number of thiazole rings is 1. The fourth-order valence-corrected chi connectivity index (χ4v) is 1.58. The number of nitrogens with zero attached hydrogens (tertiary/aromatic N) is 1. The van der Waals surface area contributed by atoms with E-state index in [0.29, 0.717) is 11.6 Å². The van der Waals surface area contributed by atoms with Gasteiger partial charge in [0.1, 0.15) is 6.61 Å². The molecule has 0 aliphatic rings. The molecule has 0 saturated carbocycles. The number of terminal acetylenes is 1. The Bertz CT molecular complexity index is 434. The van der Waals surface area contributed by atoms with Gasteiger partial charge in [-0.05, 0) is 0 Å². The lowest BCUT2D eigenvalue weighted by atomic mass is 10.4. The summed E-state index contributed by atoms with van der Waals surface area (Å²) < 4.78 is 4.84. The average molecular weight is 238 g/mol. The highest BCUT2D eigenvalue weighted by Gasteiger charge is 2.12. The maximum Gasteiger partial charge on any atom is 0.357 e. The number of hydrogen-bond donors (Lipinski definition) is 1. The Hall–Kier alpha value is -1.87. The van der Waals surface area contributed by atoms with Gasteiger partial charge in [0.2, 0.25) is 5.91 Å². The fourth-order valence-electron chi connectivity index (χ4n) is 0.852. The third kappa shape index (κ3) is 3.71. The van der Waals surface area contributed by atoms with E-state index in [1.54, 1.807) is 0 Å². The Kier molecular flexibility index (Phi) is 4.48. The second-order valence-corrected chi connectivity index (χ2v) is 3.67. The number of nitrogens with one attached hydrogen (secondary N) is 1. The molecule has 1 rings (SSSR count). The summed E-state index contributed by atoms with van der Waals surface area (Å²) in [5.41, 5.74) is 0.172. The molecule has 16 heavy (non-hydrogen) atoms. The van der Waals surface area contributed by atoms with E-state index in [1.165, 1.54) is 12.3 Å². The van der Waals surface area contributed by atoms with Gasteiger partial charge in [-0.3, -0.25) is 4.79 Å². The third-order valence-electron chi connectivity index (χ3n) is 1.48. The van der Waals surface area contributed by atoms with E-state index in [4.69, 9.17) is 11.2 Å². The summed E-state index contributed by atoms with van der Waals surface area (Å²) in [4.78, 5) is 26.0. The van der Waals surface area contributed by atoms with E-state index in [2.05, 4.69) is 16.2 Å². The number of rotatable bonds is 4. The summed E-state index contributed by atoms with van der Waals surface area (Å²) in [7, 11) is 0. The first-order chi connectivity index (χ1) is 7.63. The second kappa shape index (κ2) is 5.88. The number of carbonyl (C=O) groups is 2. The maximum atomic E-state index is 11.4. The minimum absolute atomic E-state index is 0.169. The van der Waals surface area contributed by atoms with E-state index >= 15 is 0 Å². The van der Waals surface area contributed by atoms with Crippen molar-refractivity contribution >= 4 is 28.3 Å². The Balaban J connectivity index is 2.53. The van der Waals surface area contributed by atoms with Gasteiger partial charge in [0, 0.05) is 18.7 Å². The van der Waals surface area contributed by atoms with Crippen molar-refractivity contribution in [2.45, 2.75) is 13.3 Å². The van der Waals surface area contributed by atoms with Gasteiger partial charge in [-0.15, -0.1) is 23.7 Å². The molecule has 0 unspecified atom stereocenters. The molecule has 0 aromatic carbocycles. The van der Waals surface area contributed by atoms with E-state index < -0.39 is 5.97 Å². The summed E-state index contributed by atoms with van der Waals surface area (Å²) in [6, 6.07) is 0. The number of anilines is 1. The molecule has 6 heteroatoms. The molecule has 0 aliphatic carbocycles. The Morgan fingerprint density at radius 1 is 1.69 bits per heavy atom. The monoisotopic (exact) mass is 238 g/mol. The second-order valence-electron chi connectivity index (χ2n) is 2.81. The predicted octanol–water partition coefficient (Wildman–Crippen LogP) is 1.28. The number of ether oxygens (including phenoxy) is 1. The quantitative estimate of drug-likeness (QED) is 0.487. The average Bonchev–Trinajstić information content (AvgIpc) is 2.65. The standard InChI is InChI=1S/C10H10N2O3S/c1-3-4-5-15-9(14)8-6-16-10(12-8)11-7(2)13/h1,6H,4-5H2,2H3,(H,11,12,13). The Morgan fingerprint density at radius 2 is 2.44 bits per heavy atom. The van der Waals surface area contributed by atoms with Gasteiger partial charge in [0.15, 0.2) is 10.8 Å². The van der Waals surface area contributed by atoms with Crippen LogP contribution in [0.1, 0.15) is 23.8 Å². The summed E-state index contributed by atoms with van der Waals surface area (Å²) in [6.07, 6.45) is 5.38. The van der Waals surface area contributed by atoms with Crippen LogP contribution in [0.3, 0.4) is 0 Å². The van der Waals surface area contributed by atoms with Crippen molar-refractivity contribution in [2.24, 2.45) is 0 Å². The van der Waals surface area contributed by atoms with Crippen molar-refractivity contribution in [1.82, 2.24) is 4.98 Å². The van der Waals surface area contributed by atoms with Crippen molar-refractivity contribution in [3.05, 3.63) is 11.1 Å². The smallest absolute Gasteiger partial charge is 0.357 e. The molecule has 1 heterocycles. The first kappa shape index (κ1) is 12.2. The molecule has 1 amide bonds. The SMILES string of the molecule is C#CCCOC(=O)c1csc(NC(C)=O)n1. The highest BCUT2D eigenvalue weighted by atomic mass is 32.1. The van der Waals surface area contributed by atoms with E-state index in [1.807, 2.05) is 0 Å². The lowest BCUT2D eigenvalue weighted by molar-refractivity contribution is -0.114. The van der Waals surface area contributed by atoms with E-state index in [9.17, 15) is 9.59 Å². The Labute approximate surface area is 96.8 Å². The van der Waals surface area contributed by atoms with Crippen LogP contribution < -0.4 is 5.32 Å². The summed E-state index contributed by atoms with van der Waals surface area (Å²) in [5, 5.41) is 4.36. The minimum atomic E-state index is -0.539. The lowest BCUT2D eigenvalue weighted by Crippen LogP contribution is -2.08. The molecule has 0 aliphatic heterocycles. The molecule has 5 nitrogen and oxygen atoms in total. The molecule has 0 atom stereocenters. The van der Waals surface area contributed by atoms with Crippen molar-refractivity contribution in [2.75, 3.05) is 11.9 Å². The molecular formula is C10H10N2O3S. The van der Waals surface area contributed by atoms with E-state index in [-0.39, 0.29) is 18.2 Å². The lowest BCUT2D eigenvalue weighted by Gasteiger charge is -1.98. The van der Waals surface area contributed by atoms with Crippen LogP contribution in [0.2, 0.25) is 0 Å². The van der Waals surface area contributed by atoms with Crippen LogP contribution in [-0.4, -0.2) is 23.5 Å². The van der Waals surface area contributed by atoms with Crippen molar-refractivity contribution in [3.8, 4) is 12.3 Å². The van der Waals surface area contributed by atoms with Crippen LogP contribution in [0.4, 0.5) is 5.13 Å². The normalized spacial score (nSPS) is 9.25. The van der Waals surface area contributed by atoms with Crippen molar-refractivity contribution in [1.29, 1.82) is 0 Å². The number of carbonyl (C=O) groups excluding carboxylic acids is 2. The molecule has 0 fully saturated rings. The van der Waals surface area contributed by atoms with Crippen LogP contribution in [-0.2, 0) is 9.53 Å². The highest BCUT2D eigenvalue weighted by Crippen LogP contribution is 2.15. The number of amides is 1. The molecule has 84 valence electrons. The van der Waals surface area contributed by atoms with Crippen LogP contribution in [0.25, 0.3) is 0 Å². The van der Waals surface area contributed by atoms with Crippen LogP contribution >= 0.6 is 11.3 Å². The largest absolute Gasteiger partial charge is 0.460 e. The van der Waals surface area contributed by atoms with E-state index in [0.717, 1.165) is 11.3 Å². The number of hydrogen-bond acceptors (Lipinski definition) is 5. The molecular weight excluding hydrogens is 228 g/mol. The summed E-state index contributed by atoms with van der Waals surface area (Å²) >= 11 is 1.16. The summed E-state index contributed by atoms with van der Waals surface area (Å²) in [5.74, 6) is 1.58. The van der Waals surface area contributed by atoms with Gasteiger partial charge < -0.3 is 10.1 Å². The van der Waals surface area contributed by atoms with Gasteiger partial charge >= 0.3 is 5.97 Å². The molecule has 1 aromatic heterocycles. The predicted molar refractivity (Wildman–Crippen MR) is 60.2 cm³/mol.